The molecule has 2 rings (SSSR count). The van der Waals surface area contributed by atoms with Crippen molar-refractivity contribution in [2.24, 2.45) is 0 Å². The Balaban J connectivity index is 2.28. The highest BCUT2D eigenvalue weighted by atomic mass is 16.5. The van der Waals surface area contributed by atoms with Crippen LogP contribution in [-0.2, 0) is 4.74 Å². The van der Waals surface area contributed by atoms with E-state index >= 15 is 0 Å². The molecule has 3 N–H and O–H groups in total. The van der Waals surface area contributed by atoms with Gasteiger partial charge in [-0.05, 0) is 43.3 Å². The van der Waals surface area contributed by atoms with Crippen molar-refractivity contribution in [3.63, 3.8) is 0 Å². The molecule has 2 aromatic rings. The topological polar surface area (TPSA) is 81.4 Å². The van der Waals surface area contributed by atoms with Gasteiger partial charge in [0, 0.05) is 11.3 Å². The van der Waals surface area contributed by atoms with Crippen LogP contribution < -0.4 is 11.1 Å². The lowest BCUT2D eigenvalue weighted by Crippen LogP contribution is -2.15. The zero-order chi connectivity index (χ0) is 15.4. The number of aryl methyl sites for hydroxylation is 1. The molecule has 0 radical (unpaired) electrons. The fraction of sp³-hybridized carbons (Fsp3) is 0.125. The summed E-state index contributed by atoms with van der Waals surface area (Å²) in [5.41, 5.74) is 8.26. The smallest absolute Gasteiger partial charge is 0.339 e. The molecule has 0 saturated carbocycles. The Morgan fingerprint density at radius 2 is 1.76 bits per heavy atom. The van der Waals surface area contributed by atoms with E-state index in [1.807, 2.05) is 13.0 Å². The third-order valence-electron chi connectivity index (χ3n) is 3.00. The van der Waals surface area contributed by atoms with E-state index in [9.17, 15) is 9.59 Å². The van der Waals surface area contributed by atoms with Gasteiger partial charge in [-0.15, -0.1) is 0 Å². The summed E-state index contributed by atoms with van der Waals surface area (Å²) in [6, 6.07) is 11.7. The molecule has 0 bridgehead atoms. The Morgan fingerprint density at radius 3 is 2.38 bits per heavy atom. The van der Waals surface area contributed by atoms with Crippen molar-refractivity contribution in [1.82, 2.24) is 0 Å². The summed E-state index contributed by atoms with van der Waals surface area (Å²) in [6.07, 6.45) is 0. The van der Waals surface area contributed by atoms with E-state index in [2.05, 4.69) is 5.32 Å². The van der Waals surface area contributed by atoms with Crippen molar-refractivity contribution < 1.29 is 14.3 Å². The Morgan fingerprint density at radius 1 is 1.10 bits per heavy atom. The number of esters is 1. The maximum Gasteiger partial charge on any atom is 0.339 e. The average Bonchev–Trinajstić information content (AvgIpc) is 2.48. The number of amides is 1. The number of benzene rings is 2. The minimum absolute atomic E-state index is 0.316. The Hall–Kier alpha value is -2.82. The minimum atomic E-state index is -0.494. The molecule has 2 aromatic carbocycles. The average molecular weight is 284 g/mol. The van der Waals surface area contributed by atoms with Crippen molar-refractivity contribution in [3.05, 3.63) is 59.2 Å². The molecule has 21 heavy (non-hydrogen) atoms. The number of hydrogen-bond acceptors (Lipinski definition) is 4. The van der Waals surface area contributed by atoms with Gasteiger partial charge in [0.25, 0.3) is 5.91 Å². The van der Waals surface area contributed by atoms with Gasteiger partial charge in [-0.1, -0.05) is 11.6 Å². The number of ether oxygens (including phenoxy) is 1. The van der Waals surface area contributed by atoms with E-state index in [0.29, 0.717) is 22.5 Å². The van der Waals surface area contributed by atoms with E-state index in [1.54, 1.807) is 36.4 Å². The zero-order valence-corrected chi connectivity index (χ0v) is 11.8. The van der Waals surface area contributed by atoms with Gasteiger partial charge in [0.1, 0.15) is 0 Å². The minimum Gasteiger partial charge on any atom is -0.465 e. The van der Waals surface area contributed by atoms with Crippen LogP contribution in [0, 0.1) is 6.92 Å². The maximum atomic E-state index is 12.2. The molecule has 108 valence electrons. The summed E-state index contributed by atoms with van der Waals surface area (Å²) in [4.78, 5) is 23.9. The normalized spacial score (nSPS) is 10.0. The lowest BCUT2D eigenvalue weighted by Gasteiger charge is -2.11. The second-order valence-electron chi connectivity index (χ2n) is 4.62. The summed E-state index contributed by atoms with van der Waals surface area (Å²) in [5, 5.41) is 2.71. The summed E-state index contributed by atoms with van der Waals surface area (Å²) < 4.78 is 4.73. The quantitative estimate of drug-likeness (QED) is 0.670. The summed E-state index contributed by atoms with van der Waals surface area (Å²) >= 11 is 0. The number of anilines is 2. The molecule has 0 atom stereocenters. The molecule has 0 aromatic heterocycles. The summed E-state index contributed by atoms with van der Waals surface area (Å²) in [6.45, 7) is 1.86. The molecule has 0 aliphatic carbocycles. The standard InChI is InChI=1S/C16H16N2O3/c1-10-3-8-14(13(9-10)16(20)21-2)18-15(19)11-4-6-12(17)7-5-11/h3-9H,17H2,1-2H3,(H,18,19). The van der Waals surface area contributed by atoms with Gasteiger partial charge >= 0.3 is 5.97 Å². The first-order valence-corrected chi connectivity index (χ1v) is 6.37. The molecule has 5 heteroatoms. The predicted octanol–water partition coefficient (Wildman–Crippen LogP) is 2.62. The van der Waals surface area contributed by atoms with E-state index < -0.39 is 5.97 Å². The largest absolute Gasteiger partial charge is 0.465 e. The van der Waals surface area contributed by atoms with Crippen molar-refractivity contribution in [2.45, 2.75) is 6.92 Å². The summed E-state index contributed by atoms with van der Waals surface area (Å²) in [5.74, 6) is -0.810. The van der Waals surface area contributed by atoms with Crippen LogP contribution in [-0.4, -0.2) is 19.0 Å². The molecule has 0 spiro atoms. The maximum absolute atomic E-state index is 12.2. The van der Waals surface area contributed by atoms with Crippen LogP contribution in [0.4, 0.5) is 11.4 Å². The lowest BCUT2D eigenvalue weighted by molar-refractivity contribution is 0.0602. The number of nitrogens with one attached hydrogen (secondary N) is 1. The highest BCUT2D eigenvalue weighted by Crippen LogP contribution is 2.19. The molecule has 1 amide bonds. The monoisotopic (exact) mass is 284 g/mol. The lowest BCUT2D eigenvalue weighted by atomic mass is 10.1. The van der Waals surface area contributed by atoms with Crippen LogP contribution >= 0.6 is 0 Å². The third kappa shape index (κ3) is 3.39. The van der Waals surface area contributed by atoms with Crippen LogP contribution in [0.5, 0.6) is 0 Å². The van der Waals surface area contributed by atoms with Gasteiger partial charge in [0.15, 0.2) is 0 Å². The fourth-order valence-corrected chi connectivity index (χ4v) is 1.87. The van der Waals surface area contributed by atoms with E-state index in [-0.39, 0.29) is 5.91 Å². The predicted molar refractivity (Wildman–Crippen MR) is 81.3 cm³/mol. The number of rotatable bonds is 3. The van der Waals surface area contributed by atoms with Crippen LogP contribution in [0.1, 0.15) is 26.3 Å². The second kappa shape index (κ2) is 6.09. The highest BCUT2D eigenvalue weighted by Gasteiger charge is 2.15. The molecular weight excluding hydrogens is 268 g/mol. The SMILES string of the molecule is COC(=O)c1cc(C)ccc1NC(=O)c1ccc(N)cc1. The number of nitrogen functional groups attached to an aromatic ring is 1. The molecule has 0 saturated heterocycles. The third-order valence-corrected chi connectivity index (χ3v) is 3.00. The number of methoxy groups -OCH3 is 1. The van der Waals surface area contributed by atoms with Crippen molar-refractivity contribution in [2.75, 3.05) is 18.2 Å². The van der Waals surface area contributed by atoms with Crippen molar-refractivity contribution >= 4 is 23.3 Å². The Bertz CT molecular complexity index is 678. The van der Waals surface area contributed by atoms with Gasteiger partial charge < -0.3 is 15.8 Å². The molecule has 0 fully saturated rings. The van der Waals surface area contributed by atoms with Gasteiger partial charge in [0.05, 0.1) is 18.4 Å². The van der Waals surface area contributed by atoms with Crippen LogP contribution in [0.25, 0.3) is 0 Å². The number of carbonyl (C=O) groups is 2. The molecule has 5 nitrogen and oxygen atoms in total. The first-order chi connectivity index (χ1) is 10.0. The highest BCUT2D eigenvalue weighted by molar-refractivity contribution is 6.08. The van der Waals surface area contributed by atoms with E-state index in [0.717, 1.165) is 5.56 Å². The first-order valence-electron chi connectivity index (χ1n) is 6.37. The molecular formula is C16H16N2O3. The van der Waals surface area contributed by atoms with Crippen molar-refractivity contribution in [3.8, 4) is 0 Å². The fourth-order valence-electron chi connectivity index (χ4n) is 1.87. The molecule has 0 aliphatic heterocycles. The second-order valence-corrected chi connectivity index (χ2v) is 4.62. The van der Waals surface area contributed by atoms with Gasteiger partial charge in [-0.25, -0.2) is 4.79 Å². The van der Waals surface area contributed by atoms with Crippen LogP contribution in [0.2, 0.25) is 0 Å². The Labute approximate surface area is 122 Å². The van der Waals surface area contributed by atoms with Crippen LogP contribution in [0.15, 0.2) is 42.5 Å². The van der Waals surface area contributed by atoms with Gasteiger partial charge in [-0.2, -0.15) is 0 Å². The molecule has 0 aliphatic rings. The van der Waals surface area contributed by atoms with Gasteiger partial charge in [0.2, 0.25) is 0 Å². The number of carbonyl (C=O) groups excluding carboxylic acids is 2. The number of nitrogens with two attached hydrogens (primary N) is 1. The van der Waals surface area contributed by atoms with E-state index in [1.165, 1.54) is 7.11 Å². The Kier molecular flexibility index (Phi) is 4.23. The molecule has 0 heterocycles. The molecule has 0 unspecified atom stereocenters. The number of hydrogen-bond donors (Lipinski definition) is 2. The van der Waals surface area contributed by atoms with Crippen molar-refractivity contribution in [1.29, 1.82) is 0 Å². The first kappa shape index (κ1) is 14.6. The van der Waals surface area contributed by atoms with Gasteiger partial charge in [-0.3, -0.25) is 4.79 Å². The zero-order valence-electron chi connectivity index (χ0n) is 11.8. The van der Waals surface area contributed by atoms with Crippen LogP contribution in [0.3, 0.4) is 0 Å². The van der Waals surface area contributed by atoms with E-state index in [4.69, 9.17) is 10.5 Å². The summed E-state index contributed by atoms with van der Waals surface area (Å²) in [7, 11) is 1.30.